The molecule has 0 N–H and O–H groups in total. The molecule has 1 rings (SSSR count). The van der Waals surface area contributed by atoms with Crippen LogP contribution in [-0.2, 0) is 15.7 Å². The molecule has 0 aliphatic rings. The molecule has 0 bridgehead atoms. The molecule has 116 valence electrons. The van der Waals surface area contributed by atoms with Gasteiger partial charge in [-0.15, -0.1) is 11.8 Å². The van der Waals surface area contributed by atoms with E-state index in [0.29, 0.717) is 6.07 Å². The van der Waals surface area contributed by atoms with Gasteiger partial charge in [0, 0.05) is 6.07 Å². The van der Waals surface area contributed by atoms with Gasteiger partial charge in [-0.2, -0.15) is 13.2 Å². The number of hydrogen-bond donors (Lipinski definition) is 0. The van der Waals surface area contributed by atoms with E-state index in [9.17, 15) is 28.1 Å². The van der Waals surface area contributed by atoms with Crippen LogP contribution >= 0.6 is 11.8 Å². The maximum Gasteiger partial charge on any atom is 0.416 e. The summed E-state index contributed by atoms with van der Waals surface area (Å²) in [6, 6.07) is 2.17. The van der Waals surface area contributed by atoms with Crippen molar-refractivity contribution in [1.29, 1.82) is 0 Å². The first-order valence-corrected chi connectivity index (χ1v) is 6.77. The zero-order valence-corrected chi connectivity index (χ0v) is 12.0. The Kier molecular flexibility index (Phi) is 5.59. The third-order valence-electron chi connectivity index (χ3n) is 2.20. The highest BCUT2D eigenvalue weighted by Crippen LogP contribution is 2.36. The number of esters is 1. The number of thioether (sulfide) groups is 1. The number of carbonyl (C=O) groups excluding carboxylic acids is 1. The number of rotatable bonds is 5. The normalized spacial score (nSPS) is 11.5. The maximum absolute atomic E-state index is 12.5. The van der Waals surface area contributed by atoms with Gasteiger partial charge in [0.25, 0.3) is 5.69 Å². The Morgan fingerprint density at radius 2 is 2.05 bits per heavy atom. The summed E-state index contributed by atoms with van der Waals surface area (Å²) in [6.45, 7) is 3.28. The Hall–Kier alpha value is -1.77. The Bertz CT molecular complexity index is 546. The van der Waals surface area contributed by atoms with E-state index in [1.54, 1.807) is 13.8 Å². The summed E-state index contributed by atoms with van der Waals surface area (Å²) >= 11 is 0.761. The van der Waals surface area contributed by atoms with Crippen molar-refractivity contribution in [2.75, 3.05) is 5.75 Å². The van der Waals surface area contributed by atoms with Crippen molar-refractivity contribution in [2.24, 2.45) is 0 Å². The monoisotopic (exact) mass is 323 g/mol. The number of carbonyl (C=O) groups is 1. The molecular weight excluding hydrogens is 311 g/mol. The highest BCUT2D eigenvalue weighted by Gasteiger charge is 2.33. The molecule has 0 aliphatic carbocycles. The summed E-state index contributed by atoms with van der Waals surface area (Å²) in [4.78, 5) is 21.2. The van der Waals surface area contributed by atoms with Crippen molar-refractivity contribution >= 4 is 23.4 Å². The van der Waals surface area contributed by atoms with Crippen LogP contribution in [0.4, 0.5) is 18.9 Å². The van der Waals surface area contributed by atoms with Crippen LogP contribution in [0.1, 0.15) is 19.4 Å². The van der Waals surface area contributed by atoms with Crippen LogP contribution in [0, 0.1) is 10.1 Å². The van der Waals surface area contributed by atoms with Crippen molar-refractivity contribution < 1.29 is 27.6 Å². The predicted octanol–water partition coefficient (Wildman–Crippen LogP) is 3.66. The second kappa shape index (κ2) is 6.79. The first-order valence-electron chi connectivity index (χ1n) is 5.79. The highest BCUT2D eigenvalue weighted by atomic mass is 32.2. The Morgan fingerprint density at radius 1 is 1.43 bits per heavy atom. The second-order valence-electron chi connectivity index (χ2n) is 4.26. The molecule has 0 amide bonds. The van der Waals surface area contributed by atoms with E-state index in [-0.39, 0.29) is 16.8 Å². The quantitative estimate of drug-likeness (QED) is 0.358. The lowest BCUT2D eigenvalue weighted by molar-refractivity contribution is -0.388. The molecule has 0 aromatic heterocycles. The van der Waals surface area contributed by atoms with Gasteiger partial charge in [0.2, 0.25) is 0 Å². The zero-order valence-electron chi connectivity index (χ0n) is 11.1. The largest absolute Gasteiger partial charge is 0.462 e. The van der Waals surface area contributed by atoms with Gasteiger partial charge in [-0.3, -0.25) is 14.9 Å². The van der Waals surface area contributed by atoms with Crippen LogP contribution < -0.4 is 0 Å². The first kappa shape index (κ1) is 17.3. The van der Waals surface area contributed by atoms with Gasteiger partial charge in [-0.05, 0) is 26.0 Å². The number of nitrogens with zero attached hydrogens (tertiary/aromatic N) is 1. The molecule has 1 aromatic rings. The number of nitro groups is 1. The number of nitro benzene ring substituents is 1. The lowest BCUT2D eigenvalue weighted by Crippen LogP contribution is -2.13. The number of ether oxygens (including phenoxy) is 1. The average Bonchev–Trinajstić information content (AvgIpc) is 2.34. The summed E-state index contributed by atoms with van der Waals surface area (Å²) < 4.78 is 42.4. The summed E-state index contributed by atoms with van der Waals surface area (Å²) in [7, 11) is 0. The average molecular weight is 323 g/mol. The number of alkyl halides is 3. The summed E-state index contributed by atoms with van der Waals surface area (Å²) in [5.41, 5.74) is -1.80. The predicted molar refractivity (Wildman–Crippen MR) is 70.1 cm³/mol. The van der Waals surface area contributed by atoms with E-state index in [2.05, 4.69) is 0 Å². The topological polar surface area (TPSA) is 69.4 Å². The number of halogens is 3. The van der Waals surface area contributed by atoms with Crippen molar-refractivity contribution in [1.82, 2.24) is 0 Å². The van der Waals surface area contributed by atoms with Gasteiger partial charge >= 0.3 is 12.1 Å². The molecule has 1 aromatic carbocycles. The van der Waals surface area contributed by atoms with E-state index >= 15 is 0 Å². The fraction of sp³-hybridized carbons (Fsp3) is 0.417. The van der Waals surface area contributed by atoms with Gasteiger partial charge in [-0.1, -0.05) is 0 Å². The minimum absolute atomic E-state index is 0.0197. The minimum atomic E-state index is -4.66. The molecule has 0 spiro atoms. The smallest absolute Gasteiger partial charge is 0.416 e. The lowest BCUT2D eigenvalue weighted by Gasteiger charge is -2.09. The Labute approximate surface area is 122 Å². The molecule has 21 heavy (non-hydrogen) atoms. The summed E-state index contributed by atoms with van der Waals surface area (Å²) in [5.74, 6) is -0.811. The third kappa shape index (κ3) is 5.25. The van der Waals surface area contributed by atoms with E-state index < -0.39 is 28.3 Å². The van der Waals surface area contributed by atoms with Gasteiger partial charge < -0.3 is 4.74 Å². The van der Waals surface area contributed by atoms with Gasteiger partial charge in [0.05, 0.1) is 27.2 Å². The third-order valence-corrected chi connectivity index (χ3v) is 3.23. The molecule has 0 saturated heterocycles. The van der Waals surface area contributed by atoms with Crippen molar-refractivity contribution in [2.45, 2.75) is 31.0 Å². The molecule has 9 heteroatoms. The molecule has 0 unspecified atom stereocenters. The van der Waals surface area contributed by atoms with Crippen LogP contribution in [0.25, 0.3) is 0 Å². The van der Waals surface area contributed by atoms with Crippen molar-refractivity contribution in [3.63, 3.8) is 0 Å². The summed E-state index contributed by atoms with van der Waals surface area (Å²) in [6.07, 6.45) is -4.99. The Balaban J connectivity index is 2.92. The SMILES string of the molecule is CC(C)OC(=O)CSc1ccc(C(F)(F)F)cc1[N+](=O)[O-]. The minimum Gasteiger partial charge on any atom is -0.462 e. The molecule has 0 heterocycles. The molecule has 0 atom stereocenters. The lowest BCUT2D eigenvalue weighted by atomic mass is 10.2. The zero-order chi connectivity index (χ0) is 16.2. The van der Waals surface area contributed by atoms with Crippen LogP contribution in [0.5, 0.6) is 0 Å². The van der Waals surface area contributed by atoms with Gasteiger partial charge in [0.15, 0.2) is 0 Å². The first-order chi connectivity index (χ1) is 9.61. The fourth-order valence-corrected chi connectivity index (χ4v) is 2.18. The van der Waals surface area contributed by atoms with Gasteiger partial charge in [0.1, 0.15) is 0 Å². The standard InChI is InChI=1S/C12H12F3NO4S/c1-7(2)20-11(17)6-21-10-4-3-8(12(13,14)15)5-9(10)16(18)19/h3-5,7H,6H2,1-2H3. The summed E-state index contributed by atoms with van der Waals surface area (Å²) in [5, 5.41) is 10.8. The second-order valence-corrected chi connectivity index (χ2v) is 5.28. The maximum atomic E-state index is 12.5. The van der Waals surface area contributed by atoms with Crippen molar-refractivity contribution in [3.8, 4) is 0 Å². The van der Waals surface area contributed by atoms with Crippen molar-refractivity contribution in [3.05, 3.63) is 33.9 Å². The highest BCUT2D eigenvalue weighted by molar-refractivity contribution is 8.00. The van der Waals surface area contributed by atoms with E-state index in [4.69, 9.17) is 4.74 Å². The number of hydrogen-bond acceptors (Lipinski definition) is 5. The number of benzene rings is 1. The van der Waals surface area contributed by atoms with Crippen LogP contribution in [0.3, 0.4) is 0 Å². The molecule has 0 radical (unpaired) electrons. The van der Waals surface area contributed by atoms with E-state index in [1.165, 1.54) is 0 Å². The van der Waals surface area contributed by atoms with E-state index in [0.717, 1.165) is 23.9 Å². The van der Waals surface area contributed by atoms with Crippen LogP contribution in [0.2, 0.25) is 0 Å². The van der Waals surface area contributed by atoms with Gasteiger partial charge in [-0.25, -0.2) is 0 Å². The molecule has 0 saturated carbocycles. The molecule has 0 fully saturated rings. The van der Waals surface area contributed by atoms with E-state index in [1.807, 2.05) is 0 Å². The van der Waals surface area contributed by atoms with Crippen LogP contribution in [0.15, 0.2) is 23.1 Å². The molecule has 0 aliphatic heterocycles. The fourth-order valence-electron chi connectivity index (χ4n) is 1.39. The molecule has 5 nitrogen and oxygen atoms in total. The van der Waals surface area contributed by atoms with Crippen LogP contribution in [-0.4, -0.2) is 22.7 Å². The Morgan fingerprint density at radius 3 is 2.52 bits per heavy atom. The molecular formula is C12H12F3NO4S.